The van der Waals surface area contributed by atoms with Crippen LogP contribution in [0, 0.1) is 0 Å². The largest absolute Gasteiger partial charge is 0.462 e. The van der Waals surface area contributed by atoms with Crippen molar-refractivity contribution in [3.8, 4) is 0 Å². The van der Waals surface area contributed by atoms with Crippen LogP contribution in [0.1, 0.15) is 118 Å². The molecule has 0 bridgehead atoms. The Hall–Kier alpha value is -2.19. The third-order valence-corrected chi connectivity index (χ3v) is 5.89. The van der Waals surface area contributed by atoms with E-state index < -0.39 is 30.6 Å². The number of halogens is 5. The summed E-state index contributed by atoms with van der Waals surface area (Å²) in [4.78, 5) is 23.8. The minimum absolute atomic E-state index is 0.137. The van der Waals surface area contributed by atoms with Gasteiger partial charge in [-0.2, -0.15) is 22.0 Å². The van der Waals surface area contributed by atoms with E-state index in [1.165, 1.54) is 76.3 Å². The molecule has 0 aliphatic carbocycles. The highest BCUT2D eigenvalue weighted by Gasteiger charge is 2.58. The zero-order valence-electron chi connectivity index (χ0n) is 21.1. The Morgan fingerprint density at radius 3 is 1.36 bits per heavy atom. The Bertz CT molecular complexity index is 748. The SMILES string of the molecule is CCCCCCCCCCCCCCCCOC(=O)c1ccc(C(=O)OCC(F)(F)C(F)(F)F)cc1. The van der Waals surface area contributed by atoms with Crippen molar-refractivity contribution in [3.63, 3.8) is 0 Å². The maximum atomic E-state index is 12.8. The molecule has 0 spiro atoms. The van der Waals surface area contributed by atoms with E-state index in [1.54, 1.807) is 0 Å². The number of esters is 2. The number of alkyl halides is 5. The van der Waals surface area contributed by atoms with Gasteiger partial charge in [-0.25, -0.2) is 9.59 Å². The number of carbonyl (C=O) groups excluding carboxylic acids is 2. The van der Waals surface area contributed by atoms with Crippen LogP contribution in [0.4, 0.5) is 22.0 Å². The zero-order chi connectivity index (χ0) is 26.9. The molecule has 0 aliphatic heterocycles. The van der Waals surface area contributed by atoms with E-state index in [0.717, 1.165) is 37.8 Å². The molecule has 0 saturated heterocycles. The van der Waals surface area contributed by atoms with E-state index in [1.807, 2.05) is 0 Å². The maximum absolute atomic E-state index is 12.8. The van der Waals surface area contributed by atoms with Crippen molar-refractivity contribution in [1.82, 2.24) is 0 Å². The number of benzene rings is 1. The summed E-state index contributed by atoms with van der Waals surface area (Å²) in [5.74, 6) is -7.09. The van der Waals surface area contributed by atoms with Gasteiger partial charge in [0.25, 0.3) is 0 Å². The highest BCUT2D eigenvalue weighted by atomic mass is 19.4. The molecule has 36 heavy (non-hydrogen) atoms. The fourth-order valence-electron chi connectivity index (χ4n) is 3.61. The first-order valence-corrected chi connectivity index (χ1v) is 13.0. The van der Waals surface area contributed by atoms with Gasteiger partial charge in [0.2, 0.25) is 0 Å². The van der Waals surface area contributed by atoms with Crippen LogP contribution in [0.15, 0.2) is 24.3 Å². The lowest BCUT2D eigenvalue weighted by atomic mass is 10.0. The third-order valence-electron chi connectivity index (χ3n) is 5.89. The van der Waals surface area contributed by atoms with Crippen molar-refractivity contribution in [3.05, 3.63) is 35.4 Å². The molecule has 9 heteroatoms. The molecule has 0 radical (unpaired) electrons. The second kappa shape index (κ2) is 17.3. The Balaban J connectivity index is 2.11. The Morgan fingerprint density at radius 1 is 0.611 bits per heavy atom. The van der Waals surface area contributed by atoms with E-state index >= 15 is 0 Å². The van der Waals surface area contributed by atoms with Gasteiger partial charge in [-0.3, -0.25) is 0 Å². The van der Waals surface area contributed by atoms with E-state index in [9.17, 15) is 31.5 Å². The van der Waals surface area contributed by atoms with Gasteiger partial charge in [0, 0.05) is 0 Å². The first kappa shape index (κ1) is 31.8. The van der Waals surface area contributed by atoms with Crippen LogP contribution >= 0.6 is 0 Å². The average molecular weight is 523 g/mol. The first-order valence-electron chi connectivity index (χ1n) is 13.0. The summed E-state index contributed by atoms with van der Waals surface area (Å²) in [6.07, 6.45) is 11.3. The van der Waals surface area contributed by atoms with Gasteiger partial charge < -0.3 is 9.47 Å². The van der Waals surface area contributed by atoms with Gasteiger partial charge in [-0.1, -0.05) is 90.4 Å². The lowest BCUT2D eigenvalue weighted by molar-refractivity contribution is -0.292. The molecule has 0 aromatic heterocycles. The normalized spacial score (nSPS) is 11.9. The van der Waals surface area contributed by atoms with Crippen LogP contribution in [0.3, 0.4) is 0 Å². The van der Waals surface area contributed by atoms with Crippen LogP contribution in [-0.4, -0.2) is 37.3 Å². The Kier molecular flexibility index (Phi) is 15.3. The van der Waals surface area contributed by atoms with Crippen molar-refractivity contribution >= 4 is 11.9 Å². The molecular weight excluding hydrogens is 483 g/mol. The summed E-state index contributed by atoms with van der Waals surface area (Å²) in [6.45, 7) is 0.373. The van der Waals surface area contributed by atoms with Gasteiger partial charge >= 0.3 is 24.0 Å². The van der Waals surface area contributed by atoms with Gasteiger partial charge in [0.15, 0.2) is 6.61 Å². The highest BCUT2D eigenvalue weighted by molar-refractivity contribution is 5.93. The van der Waals surface area contributed by atoms with Crippen molar-refractivity contribution < 1.29 is 41.0 Å². The van der Waals surface area contributed by atoms with Gasteiger partial charge in [-0.05, 0) is 30.7 Å². The molecule has 0 aliphatic rings. The van der Waals surface area contributed by atoms with E-state index in [0.29, 0.717) is 0 Å². The lowest BCUT2D eigenvalue weighted by Gasteiger charge is -2.19. The first-order chi connectivity index (χ1) is 17.1. The number of carbonyl (C=O) groups is 2. The second-order valence-corrected chi connectivity index (χ2v) is 9.09. The fraction of sp³-hybridized carbons (Fsp3) is 0.704. The minimum atomic E-state index is -5.81. The van der Waals surface area contributed by atoms with Crippen LogP contribution in [-0.2, 0) is 9.47 Å². The predicted molar refractivity (Wildman–Crippen MR) is 128 cm³/mol. The van der Waals surface area contributed by atoms with Gasteiger partial charge in [0.05, 0.1) is 17.7 Å². The lowest BCUT2D eigenvalue weighted by Crippen LogP contribution is -2.41. The molecule has 0 amide bonds. The average Bonchev–Trinajstić information content (AvgIpc) is 2.84. The van der Waals surface area contributed by atoms with Crippen LogP contribution in [0.5, 0.6) is 0 Å². The number of unbranched alkanes of at least 4 members (excludes halogenated alkanes) is 13. The second-order valence-electron chi connectivity index (χ2n) is 9.09. The summed E-state index contributed by atoms with van der Waals surface area (Å²) in [5.41, 5.74) is -0.117. The van der Waals surface area contributed by atoms with Crippen molar-refractivity contribution in [1.29, 1.82) is 0 Å². The topological polar surface area (TPSA) is 52.6 Å². The summed E-state index contributed by atoms with van der Waals surface area (Å²) in [5, 5.41) is 0. The number of hydrogen-bond donors (Lipinski definition) is 0. The molecule has 0 saturated carbocycles. The van der Waals surface area contributed by atoms with Crippen LogP contribution < -0.4 is 0 Å². The minimum Gasteiger partial charge on any atom is -0.462 e. The number of hydrogen-bond acceptors (Lipinski definition) is 4. The maximum Gasteiger partial charge on any atom is 0.456 e. The van der Waals surface area contributed by atoms with E-state index in [-0.39, 0.29) is 17.7 Å². The molecule has 0 heterocycles. The fourth-order valence-corrected chi connectivity index (χ4v) is 3.61. The van der Waals surface area contributed by atoms with Crippen molar-refractivity contribution in [2.75, 3.05) is 13.2 Å². The van der Waals surface area contributed by atoms with Crippen molar-refractivity contribution in [2.24, 2.45) is 0 Å². The predicted octanol–water partition coefficient (Wildman–Crippen LogP) is 8.68. The smallest absolute Gasteiger partial charge is 0.456 e. The van der Waals surface area contributed by atoms with Crippen LogP contribution in [0.2, 0.25) is 0 Å². The Morgan fingerprint density at radius 2 is 0.972 bits per heavy atom. The molecule has 0 fully saturated rings. The highest BCUT2D eigenvalue weighted by Crippen LogP contribution is 2.35. The van der Waals surface area contributed by atoms with Crippen molar-refractivity contribution in [2.45, 2.75) is 109 Å². The summed E-state index contributed by atoms with van der Waals surface area (Å²) in [7, 11) is 0. The monoisotopic (exact) mass is 522 g/mol. The molecule has 0 N–H and O–H groups in total. The number of ether oxygens (including phenoxy) is 2. The van der Waals surface area contributed by atoms with E-state index in [4.69, 9.17) is 4.74 Å². The molecule has 206 valence electrons. The molecule has 1 rings (SSSR count). The molecule has 4 nitrogen and oxygen atoms in total. The summed E-state index contributed by atoms with van der Waals surface area (Å²) >= 11 is 0. The number of rotatable bonds is 19. The van der Waals surface area contributed by atoms with Gasteiger partial charge in [0.1, 0.15) is 0 Å². The summed E-state index contributed by atoms with van der Waals surface area (Å²) in [6, 6.07) is 4.67. The third kappa shape index (κ3) is 13.2. The standard InChI is InChI=1S/C27H39F5O4/c1-2-3-4-5-6-7-8-9-10-11-12-13-14-15-20-35-24(33)22-16-18-23(19-17-22)25(34)36-21-26(28,29)27(30,31)32/h16-19H,2-15,20-21H2,1H3. The van der Waals surface area contributed by atoms with Gasteiger partial charge in [-0.15, -0.1) is 0 Å². The van der Waals surface area contributed by atoms with Crippen LogP contribution in [0.25, 0.3) is 0 Å². The molecule has 1 aromatic rings. The zero-order valence-corrected chi connectivity index (χ0v) is 21.1. The molecule has 0 unspecified atom stereocenters. The Labute approximate surface area is 210 Å². The molecule has 1 aromatic carbocycles. The van der Waals surface area contributed by atoms with E-state index in [2.05, 4.69) is 11.7 Å². The molecule has 0 atom stereocenters. The summed E-state index contributed by atoms with van der Waals surface area (Å²) < 4.78 is 71.3. The quantitative estimate of drug-likeness (QED) is 0.104. The molecular formula is C27H39F5O4.